The third-order valence-corrected chi connectivity index (χ3v) is 2.01. The zero-order valence-electron chi connectivity index (χ0n) is 7.92. The van der Waals surface area contributed by atoms with Gasteiger partial charge >= 0.3 is 0 Å². The molecule has 0 atom stereocenters. The summed E-state index contributed by atoms with van der Waals surface area (Å²) < 4.78 is 0. The number of amides is 1. The van der Waals surface area contributed by atoms with Crippen LogP contribution in [0.25, 0.3) is 11.0 Å². The Morgan fingerprint density at radius 1 is 1.50 bits per heavy atom. The predicted octanol–water partition coefficient (Wildman–Crippen LogP) is 0.618. The number of nitrogens with one attached hydrogen (secondary N) is 3. The molecule has 0 fully saturated rings. The second kappa shape index (κ2) is 3.49. The van der Waals surface area contributed by atoms with Crippen molar-refractivity contribution in [3.63, 3.8) is 0 Å². The minimum absolute atomic E-state index is 0.0305. The van der Waals surface area contributed by atoms with Crippen LogP contribution < -0.4 is 10.3 Å². The Bertz CT molecular complexity index is 428. The molecule has 0 saturated heterocycles. The van der Waals surface area contributed by atoms with Gasteiger partial charge in [0.1, 0.15) is 6.54 Å². The maximum Gasteiger partial charge on any atom is 0.272 e. The summed E-state index contributed by atoms with van der Waals surface area (Å²) in [5.41, 5.74) is 2.10. The van der Waals surface area contributed by atoms with E-state index in [1.165, 1.54) is 6.92 Å². The minimum atomic E-state index is -0.0305. The fraction of sp³-hybridized carbons (Fsp3) is 0.200. The van der Waals surface area contributed by atoms with Crippen LogP contribution in [0.5, 0.6) is 0 Å². The normalized spacial score (nSPS) is 10.4. The number of aromatic nitrogens is 2. The molecule has 4 nitrogen and oxygen atoms in total. The first-order valence-corrected chi connectivity index (χ1v) is 4.49. The van der Waals surface area contributed by atoms with E-state index in [2.05, 4.69) is 15.3 Å². The Balaban J connectivity index is 2.22. The number of H-pyrrole nitrogens is 2. The van der Waals surface area contributed by atoms with Crippen molar-refractivity contribution in [2.24, 2.45) is 0 Å². The Morgan fingerprint density at radius 2 is 2.29 bits per heavy atom. The van der Waals surface area contributed by atoms with Crippen molar-refractivity contribution in [1.29, 1.82) is 0 Å². The third-order valence-electron chi connectivity index (χ3n) is 2.01. The van der Waals surface area contributed by atoms with Gasteiger partial charge in [0.05, 0.1) is 0 Å². The highest BCUT2D eigenvalue weighted by atomic mass is 16.1. The van der Waals surface area contributed by atoms with Crippen molar-refractivity contribution in [3.05, 3.63) is 30.1 Å². The maximum absolute atomic E-state index is 10.7. The first kappa shape index (κ1) is 8.74. The molecule has 1 heterocycles. The first-order chi connectivity index (χ1) is 6.75. The number of aromatic amines is 2. The number of imidazole rings is 1. The van der Waals surface area contributed by atoms with Crippen LogP contribution in [0.15, 0.2) is 24.3 Å². The molecule has 4 heteroatoms. The van der Waals surface area contributed by atoms with E-state index in [1.807, 2.05) is 24.3 Å². The average molecular weight is 190 g/mol. The Hall–Kier alpha value is -1.84. The van der Waals surface area contributed by atoms with E-state index in [0.717, 1.165) is 16.9 Å². The lowest BCUT2D eigenvalue weighted by molar-refractivity contribution is -0.358. The van der Waals surface area contributed by atoms with E-state index in [-0.39, 0.29) is 5.91 Å². The smallest absolute Gasteiger partial charge is 0.272 e. The molecule has 1 amide bonds. The zero-order chi connectivity index (χ0) is 9.97. The van der Waals surface area contributed by atoms with E-state index < -0.39 is 0 Å². The maximum atomic E-state index is 10.7. The summed E-state index contributed by atoms with van der Waals surface area (Å²) in [6.07, 6.45) is 0. The average Bonchev–Trinajstić information content (AvgIpc) is 2.57. The summed E-state index contributed by atoms with van der Waals surface area (Å²) in [6, 6.07) is 7.91. The van der Waals surface area contributed by atoms with Gasteiger partial charge in [0, 0.05) is 6.92 Å². The van der Waals surface area contributed by atoms with Gasteiger partial charge in [-0.2, -0.15) is 0 Å². The molecule has 0 saturated carbocycles. The topological polar surface area (TPSA) is 59.0 Å². The third kappa shape index (κ3) is 1.74. The fourth-order valence-corrected chi connectivity index (χ4v) is 1.36. The van der Waals surface area contributed by atoms with Gasteiger partial charge in [-0.15, -0.1) is 0 Å². The molecule has 1 aromatic carbocycles. The molecule has 0 aliphatic carbocycles. The second-order valence-electron chi connectivity index (χ2n) is 3.18. The molecule has 0 spiro atoms. The van der Waals surface area contributed by atoms with Crippen molar-refractivity contribution in [1.82, 2.24) is 10.3 Å². The zero-order valence-corrected chi connectivity index (χ0v) is 7.92. The molecule has 0 aliphatic rings. The summed E-state index contributed by atoms with van der Waals surface area (Å²) in [5.74, 6) is 0.874. The standard InChI is InChI=1S/C10H11N3O/c1-7(14)11-6-10-12-8-4-2-3-5-9(8)13-10/h2-5H,6H2,1H3,(H,11,14)(H,12,13)/p+1. The monoisotopic (exact) mass is 190 g/mol. The van der Waals surface area contributed by atoms with E-state index in [0.29, 0.717) is 6.54 Å². The van der Waals surface area contributed by atoms with Gasteiger partial charge in [0.15, 0.2) is 11.0 Å². The molecule has 2 rings (SSSR count). The summed E-state index contributed by atoms with van der Waals surface area (Å²) in [4.78, 5) is 17.1. The van der Waals surface area contributed by atoms with Gasteiger partial charge < -0.3 is 5.32 Å². The number of fused-ring (bicyclic) bond motifs is 1. The number of hydrogen-bond donors (Lipinski definition) is 2. The molecule has 72 valence electrons. The number of rotatable bonds is 2. The van der Waals surface area contributed by atoms with Crippen LogP contribution in [-0.2, 0) is 11.3 Å². The van der Waals surface area contributed by atoms with Crippen LogP contribution in [0, 0.1) is 0 Å². The van der Waals surface area contributed by atoms with Crippen molar-refractivity contribution < 1.29 is 9.78 Å². The molecular formula is C10H12N3O+. The van der Waals surface area contributed by atoms with Crippen LogP contribution in [-0.4, -0.2) is 10.9 Å². The van der Waals surface area contributed by atoms with Crippen molar-refractivity contribution in [2.75, 3.05) is 0 Å². The number of carbonyl (C=O) groups excluding carboxylic acids is 1. The van der Waals surface area contributed by atoms with Crippen LogP contribution in [0.1, 0.15) is 12.7 Å². The summed E-state index contributed by atoms with van der Waals surface area (Å²) >= 11 is 0. The van der Waals surface area contributed by atoms with Gasteiger partial charge in [-0.05, 0) is 12.1 Å². The van der Waals surface area contributed by atoms with Gasteiger partial charge in [-0.3, -0.25) is 4.79 Å². The predicted molar refractivity (Wildman–Crippen MR) is 52.4 cm³/mol. The highest BCUT2D eigenvalue weighted by molar-refractivity contribution is 5.73. The van der Waals surface area contributed by atoms with Gasteiger partial charge in [-0.1, -0.05) is 12.1 Å². The Kier molecular flexibility index (Phi) is 2.18. The van der Waals surface area contributed by atoms with Crippen LogP contribution in [0.4, 0.5) is 0 Å². The fourth-order valence-electron chi connectivity index (χ4n) is 1.36. The van der Waals surface area contributed by atoms with Gasteiger partial charge in [-0.25, -0.2) is 9.97 Å². The number of benzene rings is 1. The summed E-state index contributed by atoms with van der Waals surface area (Å²) in [6.45, 7) is 2.01. The van der Waals surface area contributed by atoms with Crippen LogP contribution in [0.3, 0.4) is 0 Å². The number of carbonyl (C=O) groups is 1. The van der Waals surface area contributed by atoms with E-state index in [9.17, 15) is 4.79 Å². The minimum Gasteiger partial charge on any atom is -0.345 e. The number of hydrogen-bond acceptors (Lipinski definition) is 1. The van der Waals surface area contributed by atoms with E-state index in [4.69, 9.17) is 0 Å². The molecule has 0 unspecified atom stereocenters. The van der Waals surface area contributed by atoms with Crippen LogP contribution >= 0.6 is 0 Å². The molecule has 0 radical (unpaired) electrons. The quantitative estimate of drug-likeness (QED) is 0.716. The van der Waals surface area contributed by atoms with E-state index >= 15 is 0 Å². The lowest BCUT2D eigenvalue weighted by atomic mass is 10.3. The van der Waals surface area contributed by atoms with Gasteiger partial charge in [0.2, 0.25) is 5.91 Å². The summed E-state index contributed by atoms with van der Waals surface area (Å²) in [7, 11) is 0. The molecule has 3 N–H and O–H groups in total. The summed E-state index contributed by atoms with van der Waals surface area (Å²) in [5, 5.41) is 2.72. The molecule has 0 aliphatic heterocycles. The molecule has 0 bridgehead atoms. The molecule has 14 heavy (non-hydrogen) atoms. The SMILES string of the molecule is CC(=O)NCc1[nH]c2ccccc2[nH+]1. The lowest BCUT2D eigenvalue weighted by Crippen LogP contribution is -2.23. The molecule has 2 aromatic rings. The van der Waals surface area contributed by atoms with E-state index in [1.54, 1.807) is 0 Å². The second-order valence-corrected chi connectivity index (χ2v) is 3.18. The molecule has 1 aromatic heterocycles. The van der Waals surface area contributed by atoms with Crippen molar-refractivity contribution in [3.8, 4) is 0 Å². The number of para-hydroxylation sites is 2. The Labute approximate surface area is 81.3 Å². The lowest BCUT2D eigenvalue weighted by Gasteiger charge is -1.92. The largest absolute Gasteiger partial charge is 0.345 e. The van der Waals surface area contributed by atoms with Crippen molar-refractivity contribution in [2.45, 2.75) is 13.5 Å². The Morgan fingerprint density at radius 3 is 3.00 bits per heavy atom. The first-order valence-electron chi connectivity index (χ1n) is 4.49. The highest BCUT2D eigenvalue weighted by Gasteiger charge is 2.08. The van der Waals surface area contributed by atoms with Gasteiger partial charge in [0.25, 0.3) is 5.82 Å². The van der Waals surface area contributed by atoms with Crippen LogP contribution in [0.2, 0.25) is 0 Å². The highest BCUT2D eigenvalue weighted by Crippen LogP contribution is 2.05. The molecular weight excluding hydrogens is 178 g/mol. The van der Waals surface area contributed by atoms with Crippen molar-refractivity contribution >= 4 is 16.9 Å².